The molecule has 4 nitrogen and oxygen atoms in total. The van der Waals surface area contributed by atoms with E-state index in [1.165, 1.54) is 16.0 Å². The Morgan fingerprint density at radius 3 is 2.60 bits per heavy atom. The van der Waals surface area contributed by atoms with E-state index in [9.17, 15) is 9.59 Å². The van der Waals surface area contributed by atoms with Crippen molar-refractivity contribution in [3.05, 3.63) is 50.7 Å². The molecule has 1 aliphatic carbocycles. The van der Waals surface area contributed by atoms with Crippen molar-refractivity contribution in [2.75, 3.05) is 19.4 Å². The number of rotatable bonds is 3. The van der Waals surface area contributed by atoms with Gasteiger partial charge in [0.15, 0.2) is 0 Å². The van der Waals surface area contributed by atoms with Gasteiger partial charge in [-0.25, -0.2) is 0 Å². The molecule has 132 valence electrons. The van der Waals surface area contributed by atoms with Gasteiger partial charge in [0.1, 0.15) is 0 Å². The van der Waals surface area contributed by atoms with Crippen molar-refractivity contribution < 1.29 is 9.59 Å². The van der Waals surface area contributed by atoms with Gasteiger partial charge in [-0.2, -0.15) is 0 Å². The molecule has 25 heavy (non-hydrogen) atoms. The summed E-state index contributed by atoms with van der Waals surface area (Å²) in [6, 6.07) is 7.96. The first-order valence-electron chi connectivity index (χ1n) is 8.56. The zero-order chi connectivity index (χ0) is 18.1. The summed E-state index contributed by atoms with van der Waals surface area (Å²) >= 11 is 1.57. The number of hydrogen-bond acceptors (Lipinski definition) is 3. The van der Waals surface area contributed by atoms with E-state index in [0.717, 1.165) is 29.0 Å². The number of fused-ring (bicyclic) bond motifs is 1. The Kier molecular flexibility index (Phi) is 4.95. The second-order valence-corrected chi connectivity index (χ2v) is 8.12. The van der Waals surface area contributed by atoms with Crippen LogP contribution in [0.4, 0.5) is 5.69 Å². The lowest BCUT2D eigenvalue weighted by Crippen LogP contribution is -2.27. The number of nitrogens with zero attached hydrogens (tertiary/aromatic N) is 1. The molecule has 1 heterocycles. The number of aryl methyl sites for hydroxylation is 3. The molecule has 1 unspecified atom stereocenters. The monoisotopic (exact) mass is 356 g/mol. The molecule has 0 bridgehead atoms. The van der Waals surface area contributed by atoms with Crippen LogP contribution in [0.1, 0.15) is 37.7 Å². The number of hydrogen-bond donors (Lipinski definition) is 1. The van der Waals surface area contributed by atoms with Gasteiger partial charge in [-0.15, -0.1) is 11.3 Å². The topological polar surface area (TPSA) is 49.4 Å². The molecular weight excluding hydrogens is 332 g/mol. The highest BCUT2D eigenvalue weighted by atomic mass is 32.1. The van der Waals surface area contributed by atoms with Gasteiger partial charge in [-0.1, -0.05) is 6.07 Å². The Hall–Kier alpha value is -2.14. The van der Waals surface area contributed by atoms with Crippen LogP contribution in [0, 0.1) is 19.8 Å². The van der Waals surface area contributed by atoms with Crippen molar-refractivity contribution in [3.63, 3.8) is 0 Å². The molecule has 1 aromatic heterocycles. The van der Waals surface area contributed by atoms with Gasteiger partial charge in [-0.05, 0) is 68.0 Å². The third-order valence-electron chi connectivity index (χ3n) is 4.85. The second kappa shape index (κ2) is 7.00. The molecule has 2 aromatic rings. The minimum Gasteiger partial charge on any atom is -0.344 e. The minimum atomic E-state index is -0.0361. The lowest BCUT2D eigenvalue weighted by Gasteiger charge is -2.21. The van der Waals surface area contributed by atoms with Crippen molar-refractivity contribution in [1.82, 2.24) is 4.90 Å². The largest absolute Gasteiger partial charge is 0.344 e. The average Bonchev–Trinajstić information content (AvgIpc) is 3.00. The van der Waals surface area contributed by atoms with Gasteiger partial charge in [-0.3, -0.25) is 9.59 Å². The number of carbonyl (C=O) groups excluding carboxylic acids is 2. The first-order valence-corrected chi connectivity index (χ1v) is 9.38. The number of anilines is 1. The summed E-state index contributed by atoms with van der Waals surface area (Å²) in [5, 5.41) is 3.05. The normalized spacial score (nSPS) is 16.2. The maximum absolute atomic E-state index is 12.6. The van der Waals surface area contributed by atoms with Crippen LogP contribution in [0.25, 0.3) is 0 Å². The minimum absolute atomic E-state index is 0.0361. The standard InChI is InChI=1S/C20H24N2O2S/c1-12-5-7-16(9-13(12)2)21-19(23)14-6-8-17-15(10-14)11-18(25-17)20(24)22(3)4/h5,7,9,11,14H,6,8,10H2,1-4H3,(H,21,23). The van der Waals surface area contributed by atoms with Crippen LogP contribution < -0.4 is 5.32 Å². The third-order valence-corrected chi connectivity index (χ3v) is 6.07. The summed E-state index contributed by atoms with van der Waals surface area (Å²) < 4.78 is 0. The lowest BCUT2D eigenvalue weighted by molar-refractivity contribution is -0.120. The summed E-state index contributed by atoms with van der Waals surface area (Å²) in [5.41, 5.74) is 4.40. The molecule has 2 amide bonds. The van der Waals surface area contributed by atoms with Crippen LogP contribution in [0.2, 0.25) is 0 Å². The van der Waals surface area contributed by atoms with Crippen molar-refractivity contribution in [3.8, 4) is 0 Å². The maximum atomic E-state index is 12.6. The molecule has 1 N–H and O–H groups in total. The van der Waals surface area contributed by atoms with Crippen LogP contribution in [0.3, 0.4) is 0 Å². The van der Waals surface area contributed by atoms with E-state index >= 15 is 0 Å². The number of thiophene rings is 1. The van der Waals surface area contributed by atoms with Crippen LogP contribution >= 0.6 is 11.3 Å². The van der Waals surface area contributed by atoms with Crippen LogP contribution in [0.15, 0.2) is 24.3 Å². The van der Waals surface area contributed by atoms with E-state index in [-0.39, 0.29) is 17.7 Å². The summed E-state index contributed by atoms with van der Waals surface area (Å²) in [6.07, 6.45) is 2.41. The molecule has 0 fully saturated rings. The highest BCUT2D eigenvalue weighted by Crippen LogP contribution is 2.33. The van der Waals surface area contributed by atoms with E-state index < -0.39 is 0 Å². The number of nitrogens with one attached hydrogen (secondary N) is 1. The van der Waals surface area contributed by atoms with E-state index in [1.54, 1.807) is 30.3 Å². The average molecular weight is 356 g/mol. The van der Waals surface area contributed by atoms with E-state index in [4.69, 9.17) is 0 Å². The van der Waals surface area contributed by atoms with Crippen LogP contribution in [0.5, 0.6) is 0 Å². The molecule has 1 aliphatic rings. The van der Waals surface area contributed by atoms with Crippen molar-refractivity contribution in [2.24, 2.45) is 5.92 Å². The molecule has 1 atom stereocenters. The molecule has 0 saturated heterocycles. The molecule has 1 aromatic carbocycles. The fourth-order valence-corrected chi connectivity index (χ4v) is 4.37. The zero-order valence-electron chi connectivity index (χ0n) is 15.2. The van der Waals surface area contributed by atoms with Crippen molar-refractivity contribution in [2.45, 2.75) is 33.1 Å². The molecule has 0 spiro atoms. The Morgan fingerprint density at radius 1 is 1.16 bits per heavy atom. The molecular formula is C20H24N2O2S. The molecule has 3 rings (SSSR count). The fourth-order valence-electron chi connectivity index (χ4n) is 3.14. The molecule has 5 heteroatoms. The molecule has 0 radical (unpaired) electrons. The summed E-state index contributed by atoms with van der Waals surface area (Å²) in [7, 11) is 3.53. The predicted octanol–water partition coefficient (Wildman–Crippen LogP) is 3.81. The van der Waals surface area contributed by atoms with E-state index in [1.807, 2.05) is 31.2 Å². The van der Waals surface area contributed by atoms with Gasteiger partial charge >= 0.3 is 0 Å². The van der Waals surface area contributed by atoms with Gasteiger partial charge in [0, 0.05) is 30.6 Å². The van der Waals surface area contributed by atoms with E-state index in [0.29, 0.717) is 6.42 Å². The predicted molar refractivity (Wildman–Crippen MR) is 102 cm³/mol. The van der Waals surface area contributed by atoms with Gasteiger partial charge in [0.25, 0.3) is 5.91 Å². The van der Waals surface area contributed by atoms with Gasteiger partial charge in [0.2, 0.25) is 5.91 Å². The first-order chi connectivity index (χ1) is 11.8. The van der Waals surface area contributed by atoms with E-state index in [2.05, 4.69) is 12.2 Å². The van der Waals surface area contributed by atoms with Crippen molar-refractivity contribution >= 4 is 28.8 Å². The Morgan fingerprint density at radius 2 is 1.92 bits per heavy atom. The number of amides is 2. The summed E-state index contributed by atoms with van der Waals surface area (Å²) in [5.74, 6) is 0.0714. The number of benzene rings is 1. The second-order valence-electron chi connectivity index (χ2n) is 6.99. The quantitative estimate of drug-likeness (QED) is 0.909. The highest BCUT2D eigenvalue weighted by molar-refractivity contribution is 7.14. The highest BCUT2D eigenvalue weighted by Gasteiger charge is 2.27. The van der Waals surface area contributed by atoms with Crippen LogP contribution in [-0.4, -0.2) is 30.8 Å². The summed E-state index contributed by atoms with van der Waals surface area (Å²) in [6.45, 7) is 4.11. The summed E-state index contributed by atoms with van der Waals surface area (Å²) in [4.78, 5) is 28.4. The Balaban J connectivity index is 1.70. The third kappa shape index (κ3) is 3.76. The van der Waals surface area contributed by atoms with Crippen molar-refractivity contribution in [1.29, 1.82) is 0 Å². The fraction of sp³-hybridized carbons (Fsp3) is 0.400. The Bertz CT molecular complexity index is 823. The molecule has 0 saturated carbocycles. The van der Waals surface area contributed by atoms with Gasteiger partial charge < -0.3 is 10.2 Å². The zero-order valence-corrected chi connectivity index (χ0v) is 16.0. The smallest absolute Gasteiger partial charge is 0.263 e. The molecule has 0 aliphatic heterocycles. The number of carbonyl (C=O) groups is 2. The van der Waals surface area contributed by atoms with Crippen LogP contribution in [-0.2, 0) is 17.6 Å². The maximum Gasteiger partial charge on any atom is 0.263 e. The SMILES string of the molecule is Cc1ccc(NC(=O)C2CCc3sc(C(=O)N(C)C)cc3C2)cc1C. The lowest BCUT2D eigenvalue weighted by atomic mass is 9.87. The van der Waals surface area contributed by atoms with Gasteiger partial charge in [0.05, 0.1) is 4.88 Å². The first kappa shape index (κ1) is 17.7. The Labute approximate surface area is 152 Å².